The van der Waals surface area contributed by atoms with Gasteiger partial charge in [-0.25, -0.2) is 0 Å². The van der Waals surface area contributed by atoms with Crippen LogP contribution >= 0.6 is 0 Å². The summed E-state index contributed by atoms with van der Waals surface area (Å²) >= 11 is 0. The Hall–Kier alpha value is -2.42. The molecule has 164 valence electrons. The third kappa shape index (κ3) is 7.84. The van der Waals surface area contributed by atoms with Gasteiger partial charge in [-0.1, -0.05) is 39.8 Å². The van der Waals surface area contributed by atoms with Crippen LogP contribution in [0.5, 0.6) is 5.75 Å². The molecule has 2 rings (SSSR count). The summed E-state index contributed by atoms with van der Waals surface area (Å²) in [5.74, 6) is 0.116. The van der Waals surface area contributed by atoms with E-state index in [1.807, 2.05) is 27.7 Å². The van der Waals surface area contributed by atoms with Gasteiger partial charge in [-0.05, 0) is 29.8 Å². The zero-order chi connectivity index (χ0) is 22.8. The maximum absolute atomic E-state index is 13.1. The zero-order valence-corrected chi connectivity index (χ0v) is 16.7. The first kappa shape index (κ1) is 26.6. The van der Waals surface area contributed by atoms with Gasteiger partial charge in [0.2, 0.25) is 0 Å². The highest BCUT2D eigenvalue weighted by atomic mass is 19.4. The van der Waals surface area contributed by atoms with Crippen molar-refractivity contribution in [3.8, 4) is 5.75 Å². The van der Waals surface area contributed by atoms with Gasteiger partial charge >= 0.3 is 12.4 Å². The molecule has 0 bridgehead atoms. The predicted molar refractivity (Wildman–Crippen MR) is 102 cm³/mol. The summed E-state index contributed by atoms with van der Waals surface area (Å²) in [5, 5.41) is 0. The fourth-order valence-electron chi connectivity index (χ4n) is 2.15. The highest BCUT2D eigenvalue weighted by molar-refractivity contribution is 5.54. The van der Waals surface area contributed by atoms with E-state index in [0.717, 1.165) is 6.07 Å². The number of rotatable bonds is 4. The largest absolute Gasteiger partial charge is 0.487 e. The Morgan fingerprint density at radius 1 is 0.828 bits per heavy atom. The van der Waals surface area contributed by atoms with Crippen LogP contribution in [0.15, 0.2) is 36.4 Å². The quantitative estimate of drug-likeness (QED) is 0.441. The first-order valence-electron chi connectivity index (χ1n) is 9.01. The lowest BCUT2D eigenvalue weighted by Gasteiger charge is -2.17. The maximum atomic E-state index is 13.1. The third-order valence-electron chi connectivity index (χ3n) is 3.44. The van der Waals surface area contributed by atoms with Crippen LogP contribution in [0.1, 0.15) is 49.9 Å². The molecular formula is C20H26F6N2O. The standard InChI is InChI=1S/C16H14F6N2O.2C2H6/c17-15(18,19)11-3-2-10(12(6-11)16(20,21)22)8-25-14-4-1-9(7-23)5-13(14)24;2*1-2/h1-6H,7-8,23-24H2;2*1-2H3. The van der Waals surface area contributed by atoms with Crippen molar-refractivity contribution in [1.29, 1.82) is 0 Å². The number of benzene rings is 2. The average molecular weight is 424 g/mol. The summed E-state index contributed by atoms with van der Waals surface area (Å²) in [6.07, 6.45) is -9.82. The molecule has 0 heterocycles. The van der Waals surface area contributed by atoms with Gasteiger partial charge in [-0.3, -0.25) is 0 Å². The van der Waals surface area contributed by atoms with Gasteiger partial charge in [0.1, 0.15) is 12.4 Å². The van der Waals surface area contributed by atoms with Crippen molar-refractivity contribution >= 4 is 5.69 Å². The lowest BCUT2D eigenvalue weighted by Crippen LogP contribution is -2.14. The van der Waals surface area contributed by atoms with Crippen LogP contribution < -0.4 is 16.2 Å². The van der Waals surface area contributed by atoms with Crippen molar-refractivity contribution in [3.05, 3.63) is 58.7 Å². The molecule has 0 saturated heterocycles. The summed E-state index contributed by atoms with van der Waals surface area (Å²) < 4.78 is 82.3. The van der Waals surface area contributed by atoms with Crippen molar-refractivity contribution in [2.24, 2.45) is 5.73 Å². The number of ether oxygens (including phenoxy) is 1. The van der Waals surface area contributed by atoms with Crippen LogP contribution in [-0.2, 0) is 25.5 Å². The molecule has 0 aromatic heterocycles. The van der Waals surface area contributed by atoms with Crippen molar-refractivity contribution < 1.29 is 31.1 Å². The number of anilines is 1. The van der Waals surface area contributed by atoms with E-state index in [-0.39, 0.29) is 24.0 Å². The van der Waals surface area contributed by atoms with Gasteiger partial charge in [0.05, 0.1) is 16.8 Å². The van der Waals surface area contributed by atoms with Gasteiger partial charge in [-0.2, -0.15) is 26.3 Å². The van der Waals surface area contributed by atoms with Gasteiger partial charge in [0.15, 0.2) is 0 Å². The molecule has 0 spiro atoms. The SMILES string of the molecule is CC.CC.NCc1ccc(OCc2ccc(C(F)(F)F)cc2C(F)(F)F)c(N)c1. The highest BCUT2D eigenvalue weighted by Gasteiger charge is 2.38. The molecule has 2 aromatic carbocycles. The number of halogens is 6. The molecule has 0 unspecified atom stereocenters. The molecule has 2 aromatic rings. The minimum atomic E-state index is -4.95. The van der Waals surface area contributed by atoms with E-state index in [9.17, 15) is 26.3 Å². The maximum Gasteiger partial charge on any atom is 0.416 e. The molecule has 0 fully saturated rings. The summed E-state index contributed by atoms with van der Waals surface area (Å²) in [4.78, 5) is 0. The van der Waals surface area contributed by atoms with Crippen molar-refractivity contribution in [2.45, 2.75) is 53.2 Å². The number of nitrogen functional groups attached to an aromatic ring is 1. The normalized spacial score (nSPS) is 11.0. The van der Waals surface area contributed by atoms with Crippen LogP contribution in [0.3, 0.4) is 0 Å². The van der Waals surface area contributed by atoms with Crippen LogP contribution in [0.4, 0.5) is 32.0 Å². The topological polar surface area (TPSA) is 61.3 Å². The Kier molecular flexibility index (Phi) is 10.6. The van der Waals surface area contributed by atoms with Gasteiger partial charge in [0, 0.05) is 12.1 Å². The van der Waals surface area contributed by atoms with E-state index in [1.165, 1.54) is 12.1 Å². The molecule has 0 radical (unpaired) electrons. The second-order valence-electron chi connectivity index (χ2n) is 5.23. The highest BCUT2D eigenvalue weighted by Crippen LogP contribution is 2.37. The average Bonchev–Trinajstić information content (AvgIpc) is 2.68. The molecule has 0 amide bonds. The fourth-order valence-corrected chi connectivity index (χ4v) is 2.15. The first-order valence-corrected chi connectivity index (χ1v) is 9.01. The van der Waals surface area contributed by atoms with Crippen molar-refractivity contribution in [1.82, 2.24) is 0 Å². The summed E-state index contributed by atoms with van der Waals surface area (Å²) in [7, 11) is 0. The zero-order valence-electron chi connectivity index (χ0n) is 16.7. The fraction of sp³-hybridized carbons (Fsp3) is 0.400. The molecular weight excluding hydrogens is 398 g/mol. The van der Waals surface area contributed by atoms with Gasteiger partial charge in [-0.15, -0.1) is 0 Å². The van der Waals surface area contributed by atoms with E-state index >= 15 is 0 Å². The Morgan fingerprint density at radius 2 is 1.41 bits per heavy atom. The van der Waals surface area contributed by atoms with Crippen LogP contribution in [0.2, 0.25) is 0 Å². The smallest absolute Gasteiger partial charge is 0.416 e. The number of hydrogen-bond acceptors (Lipinski definition) is 3. The monoisotopic (exact) mass is 424 g/mol. The minimum absolute atomic E-state index is 0.0690. The summed E-state index contributed by atoms with van der Waals surface area (Å²) in [6.45, 7) is 7.64. The van der Waals surface area contributed by atoms with Crippen molar-refractivity contribution in [2.75, 3.05) is 5.73 Å². The molecule has 29 heavy (non-hydrogen) atoms. The number of nitrogens with two attached hydrogens (primary N) is 2. The molecule has 3 nitrogen and oxygen atoms in total. The Labute approximate surface area is 166 Å². The van der Waals surface area contributed by atoms with E-state index in [4.69, 9.17) is 16.2 Å². The second-order valence-corrected chi connectivity index (χ2v) is 5.23. The van der Waals surface area contributed by atoms with Crippen LogP contribution in [-0.4, -0.2) is 0 Å². The van der Waals surface area contributed by atoms with Gasteiger partial charge < -0.3 is 16.2 Å². The minimum Gasteiger partial charge on any atom is -0.487 e. The Balaban J connectivity index is 0.00000184. The van der Waals surface area contributed by atoms with E-state index < -0.39 is 35.6 Å². The van der Waals surface area contributed by atoms with E-state index in [0.29, 0.717) is 11.6 Å². The molecule has 9 heteroatoms. The molecule has 4 N–H and O–H groups in total. The Morgan fingerprint density at radius 3 is 1.86 bits per heavy atom. The van der Waals surface area contributed by atoms with Crippen molar-refractivity contribution in [3.63, 3.8) is 0 Å². The Bertz CT molecular complexity index is 758. The van der Waals surface area contributed by atoms with Crippen LogP contribution in [0, 0.1) is 0 Å². The summed E-state index contributed by atoms with van der Waals surface area (Å²) in [6, 6.07) is 5.93. The molecule has 0 atom stereocenters. The lowest BCUT2D eigenvalue weighted by molar-refractivity contribution is -0.143. The molecule has 0 aliphatic heterocycles. The first-order chi connectivity index (χ1) is 13.5. The predicted octanol–water partition coefficient (Wildman–Crippen LogP) is 6.40. The lowest BCUT2D eigenvalue weighted by atomic mass is 10.0. The third-order valence-corrected chi connectivity index (χ3v) is 3.44. The molecule has 0 aliphatic rings. The van der Waals surface area contributed by atoms with E-state index in [2.05, 4.69) is 0 Å². The number of hydrogen-bond donors (Lipinski definition) is 2. The van der Waals surface area contributed by atoms with E-state index in [1.54, 1.807) is 6.07 Å². The molecule has 0 aliphatic carbocycles. The summed E-state index contributed by atoms with van der Waals surface area (Å²) in [5.41, 5.74) is 8.82. The van der Waals surface area contributed by atoms with Gasteiger partial charge in [0.25, 0.3) is 0 Å². The number of alkyl halides is 6. The van der Waals surface area contributed by atoms with Crippen LogP contribution in [0.25, 0.3) is 0 Å². The second kappa shape index (κ2) is 11.5. The molecule has 0 saturated carbocycles.